The van der Waals surface area contributed by atoms with E-state index in [0.717, 1.165) is 62.4 Å². The molecule has 1 fully saturated rings. The lowest BCUT2D eigenvalue weighted by Crippen LogP contribution is -2.29. The van der Waals surface area contributed by atoms with Gasteiger partial charge in [-0.05, 0) is 37.3 Å². The van der Waals surface area contributed by atoms with Crippen molar-refractivity contribution in [2.75, 3.05) is 25.0 Å². The van der Waals surface area contributed by atoms with Crippen LogP contribution in [0.15, 0.2) is 12.1 Å². The van der Waals surface area contributed by atoms with E-state index in [-0.39, 0.29) is 5.91 Å². The molecule has 2 rings (SSSR count). The van der Waals surface area contributed by atoms with Crippen molar-refractivity contribution in [1.82, 2.24) is 9.88 Å². The fourth-order valence-corrected chi connectivity index (χ4v) is 2.77. The second kappa shape index (κ2) is 7.43. The summed E-state index contributed by atoms with van der Waals surface area (Å²) in [7, 11) is 0. The van der Waals surface area contributed by atoms with Crippen LogP contribution in [0.4, 0.5) is 5.82 Å². The normalized spacial score (nSPS) is 18.0. The highest BCUT2D eigenvalue weighted by atomic mass is 16.2. The van der Waals surface area contributed by atoms with Crippen LogP contribution >= 0.6 is 0 Å². The van der Waals surface area contributed by atoms with Crippen LogP contribution in [0.5, 0.6) is 0 Å². The minimum absolute atomic E-state index is 0.155. The molecule has 0 aromatic carbocycles. The second-order valence-electron chi connectivity index (χ2n) is 5.83. The van der Waals surface area contributed by atoms with Crippen LogP contribution in [0.25, 0.3) is 0 Å². The zero-order valence-electron chi connectivity index (χ0n) is 13.5. The Bertz CT molecular complexity index is 487. The molecule has 0 spiro atoms. The average Bonchev–Trinajstić information content (AvgIpc) is 3.00. The number of hydrogen-bond donors (Lipinski definition) is 1. The lowest BCUT2D eigenvalue weighted by Gasteiger charge is -2.17. The molecule has 2 heterocycles. The summed E-state index contributed by atoms with van der Waals surface area (Å²) in [5.41, 5.74) is 1.75. The fourth-order valence-electron chi connectivity index (χ4n) is 2.77. The minimum Gasteiger partial charge on any atom is -0.370 e. The molecule has 1 unspecified atom stereocenters. The van der Waals surface area contributed by atoms with E-state index < -0.39 is 0 Å². The van der Waals surface area contributed by atoms with Crippen LogP contribution in [-0.4, -0.2) is 35.4 Å². The Labute approximate surface area is 127 Å². The monoisotopic (exact) mass is 289 g/mol. The number of pyridine rings is 1. The number of rotatable bonds is 6. The number of nitrogens with one attached hydrogen (secondary N) is 1. The number of aromatic nitrogens is 1. The van der Waals surface area contributed by atoms with Gasteiger partial charge in [-0.25, -0.2) is 4.98 Å². The molecule has 1 N–H and O–H groups in total. The quantitative estimate of drug-likeness (QED) is 0.873. The Morgan fingerprint density at radius 2 is 2.19 bits per heavy atom. The molecular formula is C17H27N3O. The van der Waals surface area contributed by atoms with E-state index in [4.69, 9.17) is 0 Å². The molecular weight excluding hydrogens is 262 g/mol. The molecule has 0 bridgehead atoms. The van der Waals surface area contributed by atoms with E-state index >= 15 is 0 Å². The van der Waals surface area contributed by atoms with Crippen molar-refractivity contribution in [3.63, 3.8) is 0 Å². The lowest BCUT2D eigenvalue weighted by atomic mass is 10.1. The molecule has 1 aliphatic rings. The average molecular weight is 289 g/mol. The zero-order chi connectivity index (χ0) is 15.2. The number of carbonyl (C=O) groups excluding carboxylic acids is 1. The predicted molar refractivity (Wildman–Crippen MR) is 86.7 cm³/mol. The third-order valence-electron chi connectivity index (χ3n) is 4.19. The molecule has 0 radical (unpaired) electrons. The van der Waals surface area contributed by atoms with Gasteiger partial charge in [0, 0.05) is 30.9 Å². The van der Waals surface area contributed by atoms with Crippen molar-refractivity contribution in [3.8, 4) is 0 Å². The first-order chi connectivity index (χ1) is 10.2. The summed E-state index contributed by atoms with van der Waals surface area (Å²) in [5, 5.41) is 3.29. The molecule has 21 heavy (non-hydrogen) atoms. The van der Waals surface area contributed by atoms with Gasteiger partial charge in [0.1, 0.15) is 5.82 Å². The summed E-state index contributed by atoms with van der Waals surface area (Å²) in [6.45, 7) is 9.07. The van der Waals surface area contributed by atoms with E-state index in [1.807, 2.05) is 17.0 Å². The Morgan fingerprint density at radius 3 is 2.81 bits per heavy atom. The second-order valence-corrected chi connectivity index (χ2v) is 5.83. The third kappa shape index (κ3) is 3.96. The Hall–Kier alpha value is -1.58. The van der Waals surface area contributed by atoms with Crippen molar-refractivity contribution < 1.29 is 4.79 Å². The number of nitrogens with zero attached hydrogens (tertiary/aromatic N) is 2. The largest absolute Gasteiger partial charge is 0.370 e. The molecule has 0 aliphatic carbocycles. The summed E-state index contributed by atoms with van der Waals surface area (Å²) in [6, 6.07) is 3.84. The summed E-state index contributed by atoms with van der Waals surface area (Å²) < 4.78 is 0. The number of carbonyl (C=O) groups is 1. The first-order valence-corrected chi connectivity index (χ1v) is 8.22. The Morgan fingerprint density at radius 1 is 1.38 bits per heavy atom. The predicted octanol–water partition coefficient (Wildman–Crippen LogP) is 3.34. The molecule has 0 saturated carbocycles. The topological polar surface area (TPSA) is 45.2 Å². The highest BCUT2D eigenvalue weighted by Crippen LogP contribution is 2.22. The van der Waals surface area contributed by atoms with E-state index in [1.165, 1.54) is 0 Å². The van der Waals surface area contributed by atoms with Crippen LogP contribution in [0.2, 0.25) is 0 Å². The van der Waals surface area contributed by atoms with Crippen molar-refractivity contribution in [1.29, 1.82) is 0 Å². The lowest BCUT2D eigenvalue weighted by molar-refractivity contribution is 0.0786. The van der Waals surface area contributed by atoms with E-state index in [2.05, 4.69) is 31.1 Å². The van der Waals surface area contributed by atoms with Gasteiger partial charge in [0.05, 0.1) is 0 Å². The van der Waals surface area contributed by atoms with Gasteiger partial charge in [-0.15, -0.1) is 0 Å². The summed E-state index contributed by atoms with van der Waals surface area (Å²) in [6.07, 6.45) is 4.18. The number of anilines is 1. The summed E-state index contributed by atoms with van der Waals surface area (Å²) >= 11 is 0. The van der Waals surface area contributed by atoms with Crippen LogP contribution in [0.1, 0.15) is 56.1 Å². The van der Waals surface area contributed by atoms with E-state index in [9.17, 15) is 4.79 Å². The van der Waals surface area contributed by atoms with Crippen molar-refractivity contribution >= 4 is 11.7 Å². The SMILES string of the molecule is CCCNc1cc(C(=O)N2CCC(CC)C2)cc(CC)n1. The van der Waals surface area contributed by atoms with Crippen LogP contribution in [0.3, 0.4) is 0 Å². The van der Waals surface area contributed by atoms with E-state index in [0.29, 0.717) is 5.92 Å². The van der Waals surface area contributed by atoms with Gasteiger partial charge in [0.15, 0.2) is 0 Å². The van der Waals surface area contributed by atoms with Gasteiger partial charge in [0.2, 0.25) is 0 Å². The molecule has 4 heteroatoms. The number of hydrogen-bond acceptors (Lipinski definition) is 3. The molecule has 116 valence electrons. The maximum atomic E-state index is 12.7. The number of likely N-dealkylation sites (tertiary alicyclic amines) is 1. The molecule has 1 saturated heterocycles. The Balaban J connectivity index is 2.15. The maximum absolute atomic E-state index is 12.7. The summed E-state index contributed by atoms with van der Waals surface area (Å²) in [4.78, 5) is 19.2. The maximum Gasteiger partial charge on any atom is 0.254 e. The number of amides is 1. The third-order valence-corrected chi connectivity index (χ3v) is 4.19. The molecule has 1 aromatic heterocycles. The van der Waals surface area contributed by atoms with Gasteiger partial charge < -0.3 is 10.2 Å². The van der Waals surface area contributed by atoms with Gasteiger partial charge in [-0.2, -0.15) is 0 Å². The van der Waals surface area contributed by atoms with E-state index in [1.54, 1.807) is 0 Å². The van der Waals surface area contributed by atoms with Crippen LogP contribution in [0, 0.1) is 5.92 Å². The zero-order valence-corrected chi connectivity index (χ0v) is 13.5. The molecule has 1 amide bonds. The molecule has 1 aliphatic heterocycles. The molecule has 1 aromatic rings. The summed E-state index contributed by atoms with van der Waals surface area (Å²) in [5.74, 6) is 1.65. The van der Waals surface area contributed by atoms with Gasteiger partial charge >= 0.3 is 0 Å². The standard InChI is InChI=1S/C17H27N3O/c1-4-8-18-16-11-14(10-15(6-3)19-16)17(21)20-9-7-13(5-2)12-20/h10-11,13H,4-9,12H2,1-3H3,(H,18,19). The fraction of sp³-hybridized carbons (Fsp3) is 0.647. The molecule has 1 atom stereocenters. The highest BCUT2D eigenvalue weighted by molar-refractivity contribution is 5.95. The van der Waals surface area contributed by atoms with Crippen molar-refractivity contribution in [3.05, 3.63) is 23.4 Å². The highest BCUT2D eigenvalue weighted by Gasteiger charge is 2.26. The van der Waals surface area contributed by atoms with Gasteiger partial charge in [-0.3, -0.25) is 4.79 Å². The van der Waals surface area contributed by atoms with Gasteiger partial charge in [-0.1, -0.05) is 27.2 Å². The van der Waals surface area contributed by atoms with Crippen LogP contribution in [-0.2, 0) is 6.42 Å². The van der Waals surface area contributed by atoms with Gasteiger partial charge in [0.25, 0.3) is 5.91 Å². The minimum atomic E-state index is 0.155. The number of aryl methyl sites for hydroxylation is 1. The van der Waals surface area contributed by atoms with Crippen molar-refractivity contribution in [2.24, 2.45) is 5.92 Å². The Kier molecular flexibility index (Phi) is 5.59. The first kappa shape index (κ1) is 15.8. The first-order valence-electron chi connectivity index (χ1n) is 8.22. The van der Waals surface area contributed by atoms with Crippen molar-refractivity contribution in [2.45, 2.75) is 46.5 Å². The smallest absolute Gasteiger partial charge is 0.254 e. The molecule has 4 nitrogen and oxygen atoms in total. The van der Waals surface area contributed by atoms with Crippen LogP contribution < -0.4 is 5.32 Å².